The van der Waals surface area contributed by atoms with Crippen LogP contribution in [0.15, 0.2) is 47.4 Å². The van der Waals surface area contributed by atoms with Crippen LogP contribution < -0.4 is 10.3 Å². The van der Waals surface area contributed by atoms with E-state index in [9.17, 15) is 4.79 Å². The van der Waals surface area contributed by atoms with E-state index in [1.165, 1.54) is 5.56 Å². The molecule has 5 heteroatoms. The Morgan fingerprint density at radius 2 is 1.92 bits per heavy atom. The highest BCUT2D eigenvalue weighted by molar-refractivity contribution is 5.79. The lowest BCUT2D eigenvalue weighted by molar-refractivity contribution is 0.415. The van der Waals surface area contributed by atoms with Crippen molar-refractivity contribution in [2.24, 2.45) is 0 Å². The van der Waals surface area contributed by atoms with Crippen LogP contribution in [0, 0.1) is 0 Å². The van der Waals surface area contributed by atoms with Gasteiger partial charge in [0.25, 0.3) is 5.56 Å². The molecule has 0 fully saturated rings. The number of aromatic nitrogens is 3. The third-order valence-electron chi connectivity index (χ3n) is 4.01. The van der Waals surface area contributed by atoms with Crippen LogP contribution in [0.5, 0.6) is 5.75 Å². The van der Waals surface area contributed by atoms with Crippen molar-refractivity contribution in [1.82, 2.24) is 15.2 Å². The highest BCUT2D eigenvalue weighted by atomic mass is 16.5. The van der Waals surface area contributed by atoms with Crippen molar-refractivity contribution in [2.75, 3.05) is 7.11 Å². The Kier molecular flexibility index (Phi) is 4.79. The lowest BCUT2D eigenvalue weighted by atomic mass is 10.00. The Balaban J connectivity index is 2.07. The number of rotatable bonds is 6. The minimum absolute atomic E-state index is 0.148. The summed E-state index contributed by atoms with van der Waals surface area (Å²) in [5, 5.41) is 5.53. The number of pyridine rings is 1. The third kappa shape index (κ3) is 3.40. The largest absolute Gasteiger partial charge is 0.497 e. The molecule has 0 unspecified atom stereocenters. The fourth-order valence-corrected chi connectivity index (χ4v) is 2.69. The summed E-state index contributed by atoms with van der Waals surface area (Å²) in [6.45, 7) is 2.17. The summed E-state index contributed by atoms with van der Waals surface area (Å²) >= 11 is 0. The standard InChI is InChI=1S/C19H21N3O2/c1-3-4-5-13-10-16(17-11-18(23)22-21-17)19(20-12-13)14-6-8-15(24-2)9-7-14/h6-12H,3-5H2,1-2H3,(H2,21,22,23). The van der Waals surface area contributed by atoms with E-state index in [-0.39, 0.29) is 5.56 Å². The number of unbranched alkanes of at least 4 members (excludes halogenated alkanes) is 1. The Morgan fingerprint density at radius 1 is 1.12 bits per heavy atom. The number of hydrogen-bond donors (Lipinski definition) is 2. The minimum atomic E-state index is -0.148. The second kappa shape index (κ2) is 7.17. The first-order valence-corrected chi connectivity index (χ1v) is 8.12. The van der Waals surface area contributed by atoms with Crippen LogP contribution in [0.4, 0.5) is 0 Å². The van der Waals surface area contributed by atoms with E-state index in [4.69, 9.17) is 4.74 Å². The molecular weight excluding hydrogens is 302 g/mol. The molecule has 24 heavy (non-hydrogen) atoms. The number of benzene rings is 1. The molecule has 2 heterocycles. The van der Waals surface area contributed by atoms with E-state index < -0.39 is 0 Å². The molecular formula is C19H21N3O2. The summed E-state index contributed by atoms with van der Waals surface area (Å²) in [6, 6.07) is 11.4. The Morgan fingerprint density at radius 3 is 2.54 bits per heavy atom. The number of H-pyrrole nitrogens is 2. The summed E-state index contributed by atoms with van der Waals surface area (Å²) in [4.78, 5) is 16.2. The SMILES string of the molecule is CCCCc1cnc(-c2ccc(OC)cc2)c(-c2cc(=O)[nH][nH]2)c1. The highest BCUT2D eigenvalue weighted by Gasteiger charge is 2.12. The zero-order valence-corrected chi connectivity index (χ0v) is 13.9. The molecule has 0 bridgehead atoms. The number of nitrogens with one attached hydrogen (secondary N) is 2. The molecule has 0 amide bonds. The van der Waals surface area contributed by atoms with Crippen LogP contribution in [-0.4, -0.2) is 22.3 Å². The van der Waals surface area contributed by atoms with E-state index in [2.05, 4.69) is 28.2 Å². The van der Waals surface area contributed by atoms with Gasteiger partial charge in [-0.3, -0.25) is 20.0 Å². The molecule has 0 aliphatic rings. The maximum absolute atomic E-state index is 11.5. The van der Waals surface area contributed by atoms with Gasteiger partial charge in [-0.1, -0.05) is 13.3 Å². The Hall–Kier alpha value is -2.82. The number of methoxy groups -OCH3 is 1. The molecule has 0 aliphatic carbocycles. The van der Waals surface area contributed by atoms with Gasteiger partial charge in [0.15, 0.2) is 0 Å². The van der Waals surface area contributed by atoms with Crippen molar-refractivity contribution in [3.63, 3.8) is 0 Å². The van der Waals surface area contributed by atoms with Crippen LogP contribution >= 0.6 is 0 Å². The maximum atomic E-state index is 11.5. The molecule has 0 aliphatic heterocycles. The van der Waals surface area contributed by atoms with Gasteiger partial charge in [0, 0.05) is 23.4 Å². The summed E-state index contributed by atoms with van der Waals surface area (Å²) in [7, 11) is 1.64. The van der Waals surface area contributed by atoms with Crippen molar-refractivity contribution in [2.45, 2.75) is 26.2 Å². The van der Waals surface area contributed by atoms with Gasteiger partial charge in [0.1, 0.15) is 5.75 Å². The van der Waals surface area contributed by atoms with Gasteiger partial charge in [0.05, 0.1) is 18.5 Å². The summed E-state index contributed by atoms with van der Waals surface area (Å²) in [5.74, 6) is 0.801. The van der Waals surface area contributed by atoms with Gasteiger partial charge < -0.3 is 4.74 Å². The third-order valence-corrected chi connectivity index (χ3v) is 4.01. The first kappa shape index (κ1) is 16.1. The summed E-state index contributed by atoms with van der Waals surface area (Å²) in [6.07, 6.45) is 5.15. The lowest BCUT2D eigenvalue weighted by Crippen LogP contribution is -1.95. The summed E-state index contributed by atoms with van der Waals surface area (Å²) < 4.78 is 5.21. The van der Waals surface area contributed by atoms with Crippen molar-refractivity contribution in [3.8, 4) is 28.3 Å². The topological polar surface area (TPSA) is 70.8 Å². The van der Waals surface area contributed by atoms with Crippen LogP contribution in [0.2, 0.25) is 0 Å². The van der Waals surface area contributed by atoms with E-state index in [1.807, 2.05) is 30.5 Å². The van der Waals surface area contributed by atoms with E-state index >= 15 is 0 Å². The Labute approximate surface area is 140 Å². The molecule has 5 nitrogen and oxygen atoms in total. The number of nitrogens with zero attached hydrogens (tertiary/aromatic N) is 1. The number of hydrogen-bond acceptors (Lipinski definition) is 3. The fourth-order valence-electron chi connectivity index (χ4n) is 2.69. The van der Waals surface area contributed by atoms with Crippen LogP contribution in [-0.2, 0) is 6.42 Å². The molecule has 0 radical (unpaired) electrons. The highest BCUT2D eigenvalue weighted by Crippen LogP contribution is 2.30. The van der Waals surface area contributed by atoms with E-state index in [0.29, 0.717) is 0 Å². The first-order chi connectivity index (χ1) is 11.7. The van der Waals surface area contributed by atoms with E-state index in [0.717, 1.165) is 47.5 Å². The molecule has 124 valence electrons. The molecule has 0 saturated heterocycles. The van der Waals surface area contributed by atoms with Gasteiger partial charge in [-0.05, 0) is 48.7 Å². The maximum Gasteiger partial charge on any atom is 0.264 e. The normalized spacial score (nSPS) is 10.8. The minimum Gasteiger partial charge on any atom is -0.497 e. The fraction of sp³-hybridized carbons (Fsp3) is 0.263. The second-order valence-electron chi connectivity index (χ2n) is 5.74. The molecule has 2 N–H and O–H groups in total. The van der Waals surface area contributed by atoms with Gasteiger partial charge in [-0.15, -0.1) is 0 Å². The predicted octanol–water partition coefficient (Wildman–Crippen LogP) is 3.78. The first-order valence-electron chi connectivity index (χ1n) is 8.12. The quantitative estimate of drug-likeness (QED) is 0.725. The Bertz CT molecular complexity index is 863. The monoisotopic (exact) mass is 323 g/mol. The molecule has 0 saturated carbocycles. The van der Waals surface area contributed by atoms with Gasteiger partial charge >= 0.3 is 0 Å². The molecule has 0 atom stereocenters. The molecule has 2 aromatic heterocycles. The average Bonchev–Trinajstić information content (AvgIpc) is 3.06. The number of aryl methyl sites for hydroxylation is 1. The van der Waals surface area contributed by atoms with Gasteiger partial charge in [0.2, 0.25) is 0 Å². The molecule has 3 aromatic rings. The number of aromatic amines is 2. The van der Waals surface area contributed by atoms with Crippen LogP contribution in [0.1, 0.15) is 25.3 Å². The average molecular weight is 323 g/mol. The molecule has 3 rings (SSSR count). The zero-order chi connectivity index (χ0) is 16.9. The molecule has 1 aromatic carbocycles. The summed E-state index contributed by atoms with van der Waals surface area (Å²) in [5.41, 5.74) is 4.52. The predicted molar refractivity (Wildman–Crippen MR) is 95.2 cm³/mol. The van der Waals surface area contributed by atoms with Gasteiger partial charge in [-0.2, -0.15) is 0 Å². The van der Waals surface area contributed by atoms with Gasteiger partial charge in [-0.25, -0.2) is 0 Å². The van der Waals surface area contributed by atoms with E-state index in [1.54, 1.807) is 13.2 Å². The smallest absolute Gasteiger partial charge is 0.264 e. The molecule has 0 spiro atoms. The van der Waals surface area contributed by atoms with Crippen molar-refractivity contribution in [3.05, 3.63) is 58.5 Å². The van der Waals surface area contributed by atoms with Crippen molar-refractivity contribution in [1.29, 1.82) is 0 Å². The van der Waals surface area contributed by atoms with Crippen molar-refractivity contribution < 1.29 is 4.74 Å². The van der Waals surface area contributed by atoms with Crippen LogP contribution in [0.3, 0.4) is 0 Å². The lowest BCUT2D eigenvalue weighted by Gasteiger charge is -2.10. The zero-order valence-electron chi connectivity index (χ0n) is 13.9. The van der Waals surface area contributed by atoms with Crippen molar-refractivity contribution >= 4 is 0 Å². The van der Waals surface area contributed by atoms with Crippen LogP contribution in [0.25, 0.3) is 22.5 Å². The second-order valence-corrected chi connectivity index (χ2v) is 5.74. The number of ether oxygens (including phenoxy) is 1.